The molecule has 0 bridgehead atoms. The molecule has 3 aromatic carbocycles. The van der Waals surface area contributed by atoms with E-state index in [-0.39, 0.29) is 11.4 Å². The maximum Gasteiger partial charge on any atom is 0.323 e. The summed E-state index contributed by atoms with van der Waals surface area (Å²) in [6.45, 7) is 0. The van der Waals surface area contributed by atoms with Crippen LogP contribution in [-0.4, -0.2) is 21.3 Å². The van der Waals surface area contributed by atoms with Gasteiger partial charge in [0, 0.05) is 11.8 Å². The molecule has 3 N–H and O–H groups in total. The predicted molar refractivity (Wildman–Crippen MR) is 111 cm³/mol. The van der Waals surface area contributed by atoms with Crippen LogP contribution in [0.15, 0.2) is 74.9 Å². The lowest BCUT2D eigenvalue weighted by atomic mass is 10.0. The number of fused-ring (bicyclic) bond motifs is 1. The van der Waals surface area contributed by atoms with E-state index in [2.05, 4.69) is 43.0 Å². The molecule has 27 heavy (non-hydrogen) atoms. The molecule has 0 unspecified atom stereocenters. The van der Waals surface area contributed by atoms with E-state index in [1.165, 1.54) is 5.56 Å². The van der Waals surface area contributed by atoms with E-state index in [1.54, 1.807) is 18.3 Å². The number of nitrogens with one attached hydrogen (secondary N) is 2. The van der Waals surface area contributed by atoms with Gasteiger partial charge in [0.1, 0.15) is 5.75 Å². The topological polar surface area (TPSA) is 81.2 Å². The second-order valence-corrected chi connectivity index (χ2v) is 7.10. The van der Waals surface area contributed by atoms with Gasteiger partial charge in [-0.25, -0.2) is 4.79 Å². The standard InChI is InChI=1S/C21H16BrN3O2/c22-17-10-14(8-13-4-2-1-3-5-13)9-15(20(17)26)12-23-16-6-7-18-19(11-16)25-21(27)24-18/h1-7,9-12,26H,8H2,(H2,24,25,27). The van der Waals surface area contributed by atoms with Crippen molar-refractivity contribution in [3.8, 4) is 5.75 Å². The summed E-state index contributed by atoms with van der Waals surface area (Å²) in [5, 5.41) is 10.4. The number of phenolic OH excluding ortho intramolecular Hbond substituents is 1. The van der Waals surface area contributed by atoms with Crippen LogP contribution in [0.2, 0.25) is 0 Å². The van der Waals surface area contributed by atoms with E-state index in [9.17, 15) is 9.90 Å². The van der Waals surface area contributed by atoms with E-state index in [0.717, 1.165) is 17.5 Å². The Balaban J connectivity index is 1.65. The molecule has 0 radical (unpaired) electrons. The summed E-state index contributed by atoms with van der Waals surface area (Å²) in [5.74, 6) is 0.145. The number of aliphatic imine (C=N–C) groups is 1. The first kappa shape index (κ1) is 17.3. The molecule has 0 saturated carbocycles. The van der Waals surface area contributed by atoms with Crippen molar-refractivity contribution < 1.29 is 5.11 Å². The summed E-state index contributed by atoms with van der Waals surface area (Å²) in [6.07, 6.45) is 2.39. The number of hydrogen-bond acceptors (Lipinski definition) is 3. The molecule has 0 spiro atoms. The number of benzene rings is 3. The Kier molecular flexibility index (Phi) is 4.64. The Hall–Kier alpha value is -3.12. The van der Waals surface area contributed by atoms with Crippen molar-refractivity contribution in [2.75, 3.05) is 0 Å². The molecule has 4 aromatic rings. The number of nitrogens with zero attached hydrogens (tertiary/aromatic N) is 1. The van der Waals surface area contributed by atoms with Gasteiger partial charge in [0.05, 0.1) is 21.2 Å². The number of imidazole rings is 1. The minimum absolute atomic E-state index is 0.145. The molecular formula is C21H16BrN3O2. The first-order valence-corrected chi connectivity index (χ1v) is 9.19. The van der Waals surface area contributed by atoms with Gasteiger partial charge in [-0.15, -0.1) is 0 Å². The fraction of sp³-hybridized carbons (Fsp3) is 0.0476. The summed E-state index contributed by atoms with van der Waals surface area (Å²) in [6, 6.07) is 19.4. The highest BCUT2D eigenvalue weighted by Gasteiger charge is 2.08. The Morgan fingerprint density at radius 2 is 1.74 bits per heavy atom. The number of rotatable bonds is 4. The molecule has 1 heterocycles. The maximum atomic E-state index is 11.4. The quantitative estimate of drug-likeness (QED) is 0.418. The van der Waals surface area contributed by atoms with E-state index in [4.69, 9.17) is 0 Å². The molecule has 1 aromatic heterocycles. The van der Waals surface area contributed by atoms with Crippen LogP contribution >= 0.6 is 15.9 Å². The van der Waals surface area contributed by atoms with Crippen LogP contribution in [0.3, 0.4) is 0 Å². The molecule has 6 heteroatoms. The molecule has 0 amide bonds. The largest absolute Gasteiger partial charge is 0.506 e. The summed E-state index contributed by atoms with van der Waals surface area (Å²) in [7, 11) is 0. The SMILES string of the molecule is O=c1[nH]c2ccc(N=Cc3cc(Cc4ccccc4)cc(Br)c3O)cc2[nH]1. The summed E-state index contributed by atoms with van der Waals surface area (Å²) < 4.78 is 0.628. The Morgan fingerprint density at radius 1 is 0.963 bits per heavy atom. The van der Waals surface area contributed by atoms with Crippen LogP contribution in [0.5, 0.6) is 5.75 Å². The molecular weight excluding hydrogens is 406 g/mol. The first-order valence-electron chi connectivity index (χ1n) is 8.40. The second kappa shape index (κ2) is 7.25. The summed E-state index contributed by atoms with van der Waals surface area (Å²) >= 11 is 3.42. The van der Waals surface area contributed by atoms with Crippen molar-refractivity contribution >= 4 is 38.9 Å². The molecule has 0 aliphatic rings. The third-order valence-corrected chi connectivity index (χ3v) is 4.86. The molecule has 0 fully saturated rings. The zero-order valence-corrected chi connectivity index (χ0v) is 15.8. The van der Waals surface area contributed by atoms with Crippen LogP contribution < -0.4 is 5.69 Å². The normalized spacial score (nSPS) is 11.4. The zero-order chi connectivity index (χ0) is 18.8. The van der Waals surface area contributed by atoms with Crippen LogP contribution in [0.4, 0.5) is 5.69 Å². The number of aromatic amines is 2. The number of aromatic nitrogens is 2. The fourth-order valence-electron chi connectivity index (χ4n) is 2.96. The van der Waals surface area contributed by atoms with Crippen molar-refractivity contribution in [1.82, 2.24) is 9.97 Å². The molecule has 0 saturated heterocycles. The zero-order valence-electron chi connectivity index (χ0n) is 14.2. The first-order chi connectivity index (χ1) is 13.1. The number of H-pyrrole nitrogens is 2. The smallest absolute Gasteiger partial charge is 0.323 e. The van der Waals surface area contributed by atoms with Gasteiger partial charge in [0.15, 0.2) is 0 Å². The Bertz CT molecular complexity index is 1190. The molecule has 0 aliphatic heterocycles. The third-order valence-electron chi connectivity index (χ3n) is 4.26. The fourth-order valence-corrected chi connectivity index (χ4v) is 3.48. The van der Waals surface area contributed by atoms with Crippen molar-refractivity contribution in [3.63, 3.8) is 0 Å². The van der Waals surface area contributed by atoms with Gasteiger partial charge < -0.3 is 15.1 Å². The average Bonchev–Trinajstić information content (AvgIpc) is 3.03. The van der Waals surface area contributed by atoms with Crippen molar-refractivity contribution in [2.45, 2.75) is 6.42 Å². The van der Waals surface area contributed by atoms with Crippen LogP contribution in [0.1, 0.15) is 16.7 Å². The number of halogens is 1. The van der Waals surface area contributed by atoms with Gasteiger partial charge in [-0.3, -0.25) is 4.99 Å². The van der Waals surface area contributed by atoms with Gasteiger partial charge in [-0.1, -0.05) is 30.3 Å². The van der Waals surface area contributed by atoms with Crippen molar-refractivity contribution in [1.29, 1.82) is 0 Å². The molecule has 4 rings (SSSR count). The number of phenols is 1. The lowest BCUT2D eigenvalue weighted by Gasteiger charge is -2.07. The minimum atomic E-state index is -0.249. The van der Waals surface area contributed by atoms with Gasteiger partial charge in [0.25, 0.3) is 0 Å². The average molecular weight is 422 g/mol. The third kappa shape index (κ3) is 3.85. The predicted octanol–water partition coefficient (Wildman–Crippen LogP) is 4.67. The van der Waals surface area contributed by atoms with Gasteiger partial charge >= 0.3 is 5.69 Å². The molecule has 134 valence electrons. The van der Waals surface area contributed by atoms with Gasteiger partial charge in [-0.2, -0.15) is 0 Å². The number of hydrogen-bond donors (Lipinski definition) is 3. The van der Waals surface area contributed by atoms with Crippen molar-refractivity contribution in [2.24, 2.45) is 4.99 Å². The summed E-state index contributed by atoms with van der Waals surface area (Å²) in [4.78, 5) is 21.2. The highest BCUT2D eigenvalue weighted by Crippen LogP contribution is 2.30. The van der Waals surface area contributed by atoms with Gasteiger partial charge in [-0.05, 0) is 63.8 Å². The van der Waals surface area contributed by atoms with E-state index >= 15 is 0 Å². The van der Waals surface area contributed by atoms with Crippen LogP contribution in [0.25, 0.3) is 11.0 Å². The second-order valence-electron chi connectivity index (χ2n) is 6.25. The van der Waals surface area contributed by atoms with E-state index in [1.807, 2.05) is 36.4 Å². The summed E-state index contributed by atoms with van der Waals surface area (Å²) in [5.41, 5.74) is 4.74. The van der Waals surface area contributed by atoms with Crippen LogP contribution in [0, 0.1) is 0 Å². The lowest BCUT2D eigenvalue weighted by molar-refractivity contribution is 0.471. The minimum Gasteiger partial charge on any atom is -0.506 e. The highest BCUT2D eigenvalue weighted by molar-refractivity contribution is 9.10. The molecule has 0 atom stereocenters. The maximum absolute atomic E-state index is 11.4. The number of aromatic hydroxyl groups is 1. The molecule has 5 nitrogen and oxygen atoms in total. The van der Waals surface area contributed by atoms with Crippen LogP contribution in [-0.2, 0) is 6.42 Å². The van der Waals surface area contributed by atoms with Gasteiger partial charge in [0.2, 0.25) is 0 Å². The van der Waals surface area contributed by atoms with E-state index < -0.39 is 0 Å². The monoisotopic (exact) mass is 421 g/mol. The lowest BCUT2D eigenvalue weighted by Crippen LogP contribution is -1.99. The molecule has 0 aliphatic carbocycles. The highest BCUT2D eigenvalue weighted by atomic mass is 79.9. The Morgan fingerprint density at radius 3 is 2.56 bits per heavy atom. The van der Waals surface area contributed by atoms with E-state index in [0.29, 0.717) is 21.2 Å². The van der Waals surface area contributed by atoms with Crippen molar-refractivity contribution in [3.05, 3.63) is 92.3 Å². The Labute approximate surface area is 163 Å².